The third kappa shape index (κ3) is 10.2. The normalized spacial score (nSPS) is 16.9. The Morgan fingerprint density at radius 1 is 0.837 bits per heavy atom. The van der Waals surface area contributed by atoms with Crippen LogP contribution in [0, 0.1) is 18.3 Å². The van der Waals surface area contributed by atoms with E-state index in [1.54, 1.807) is 31.2 Å². The van der Waals surface area contributed by atoms with E-state index in [9.17, 15) is 23.1 Å². The van der Waals surface area contributed by atoms with Crippen LogP contribution in [-0.2, 0) is 31.6 Å². The Kier molecular flexibility index (Phi) is 12.5. The molecule has 0 saturated heterocycles. The zero-order valence-corrected chi connectivity index (χ0v) is 30.8. The first kappa shape index (κ1) is 38.2. The Morgan fingerprint density at radius 3 is 1.94 bits per heavy atom. The molecule has 0 radical (unpaired) electrons. The summed E-state index contributed by atoms with van der Waals surface area (Å²) in [5.41, 5.74) is 2.01. The average Bonchev–Trinajstić information content (AvgIpc) is 3.83. The smallest absolute Gasteiger partial charge is 0.243 e. The van der Waals surface area contributed by atoms with Crippen molar-refractivity contribution in [3.8, 4) is 0 Å². The summed E-state index contributed by atoms with van der Waals surface area (Å²) in [5.74, 6) is -0.763. The highest BCUT2D eigenvalue weighted by Crippen LogP contribution is 2.45. The fourth-order valence-electron chi connectivity index (χ4n) is 6.11. The van der Waals surface area contributed by atoms with Crippen LogP contribution in [0.1, 0.15) is 71.1 Å². The molecule has 0 heterocycles. The first-order chi connectivity index (χ1) is 23.0. The van der Waals surface area contributed by atoms with Gasteiger partial charge in [0.1, 0.15) is 6.04 Å². The van der Waals surface area contributed by atoms with Crippen molar-refractivity contribution in [2.45, 2.75) is 102 Å². The number of carbonyl (C=O) groups is 2. The highest BCUT2D eigenvalue weighted by molar-refractivity contribution is 7.89. The number of nitrogens with one attached hydrogen (secondary N) is 3. The van der Waals surface area contributed by atoms with Crippen LogP contribution in [0.4, 0.5) is 0 Å². The Bertz CT molecular complexity index is 1640. The molecular weight excluding hydrogens is 637 g/mol. The molecule has 0 aromatic heterocycles. The largest absolute Gasteiger partial charge is 0.390 e. The van der Waals surface area contributed by atoms with E-state index in [-0.39, 0.29) is 41.8 Å². The van der Waals surface area contributed by atoms with Gasteiger partial charge in [0.15, 0.2) is 0 Å². The van der Waals surface area contributed by atoms with E-state index in [2.05, 4.69) is 28.1 Å². The summed E-state index contributed by atoms with van der Waals surface area (Å²) in [6, 6.07) is 23.8. The Balaban J connectivity index is 1.54. The van der Waals surface area contributed by atoms with E-state index >= 15 is 0 Å². The number of benzene rings is 3. The topological polar surface area (TPSA) is 128 Å². The maximum atomic E-state index is 14.1. The molecule has 4 N–H and O–H groups in total. The van der Waals surface area contributed by atoms with Gasteiger partial charge in [-0.1, -0.05) is 113 Å². The van der Waals surface area contributed by atoms with Gasteiger partial charge in [-0.15, -0.1) is 0 Å². The molecule has 0 bridgehead atoms. The number of carbonyl (C=O) groups excluding carboxylic acids is 2. The summed E-state index contributed by atoms with van der Waals surface area (Å²) in [7, 11) is -3.94. The first-order valence-electron chi connectivity index (χ1n) is 17.2. The van der Waals surface area contributed by atoms with E-state index in [1.165, 1.54) is 4.31 Å². The minimum atomic E-state index is -3.94. The van der Waals surface area contributed by atoms with Crippen molar-refractivity contribution in [2.24, 2.45) is 11.3 Å². The van der Waals surface area contributed by atoms with Gasteiger partial charge < -0.3 is 15.7 Å². The van der Waals surface area contributed by atoms with Crippen molar-refractivity contribution in [3.05, 3.63) is 102 Å². The summed E-state index contributed by atoms with van der Waals surface area (Å²) in [6.07, 6.45) is 0.853. The van der Waals surface area contributed by atoms with Crippen LogP contribution >= 0.6 is 0 Å². The second kappa shape index (κ2) is 16.0. The standard InChI is InChI=1S/C39H54N4O5S/c1-27(2)25-43(49(47,48)32-20-18-28(3)19-21-32)26-34(44)33(24-30-14-10-8-11-15-30)40-37(46)35(38(5,6)7)41-36(45)29(4)42-39(22-23-39)31-16-12-9-13-17-31/h8-21,27,29,33-35,42,44H,22-26H2,1-7H3,(H,40,46)(H,41,45)/t29-,33+,34-,35-/m1/s1. The summed E-state index contributed by atoms with van der Waals surface area (Å²) in [5, 5.41) is 21.2. The molecule has 49 heavy (non-hydrogen) atoms. The fraction of sp³-hybridized carbons (Fsp3) is 0.487. The maximum Gasteiger partial charge on any atom is 0.243 e. The third-order valence-electron chi connectivity index (χ3n) is 9.09. The van der Waals surface area contributed by atoms with Gasteiger partial charge in [-0.25, -0.2) is 8.42 Å². The van der Waals surface area contributed by atoms with Gasteiger partial charge in [-0.05, 0) is 67.7 Å². The number of aliphatic hydroxyl groups excluding tert-OH is 1. The number of aliphatic hydroxyl groups is 1. The van der Waals surface area contributed by atoms with Crippen molar-refractivity contribution < 1.29 is 23.1 Å². The molecule has 2 amide bonds. The van der Waals surface area contributed by atoms with Gasteiger partial charge >= 0.3 is 0 Å². The van der Waals surface area contributed by atoms with Crippen molar-refractivity contribution in [1.29, 1.82) is 0 Å². The SMILES string of the molecule is Cc1ccc(S(=O)(=O)N(CC(C)C)C[C@@H](O)[C@H](Cc2ccccc2)NC(=O)[C@@H](NC(=O)[C@@H](C)NC2(c3ccccc3)CC2)C(C)(C)C)cc1. The second-order valence-corrected chi connectivity index (χ2v) is 17.0. The molecule has 266 valence electrons. The summed E-state index contributed by atoms with van der Waals surface area (Å²) in [6.45, 7) is 13.1. The Morgan fingerprint density at radius 2 is 1.41 bits per heavy atom. The number of amides is 2. The van der Waals surface area contributed by atoms with Crippen LogP contribution in [-0.4, -0.2) is 67.0 Å². The number of sulfonamides is 1. The van der Waals surface area contributed by atoms with Gasteiger partial charge in [0.2, 0.25) is 21.8 Å². The van der Waals surface area contributed by atoms with Gasteiger partial charge in [0.25, 0.3) is 0 Å². The van der Waals surface area contributed by atoms with Crippen molar-refractivity contribution in [2.75, 3.05) is 13.1 Å². The molecule has 1 aliphatic carbocycles. The summed E-state index contributed by atoms with van der Waals surface area (Å²) >= 11 is 0. The first-order valence-corrected chi connectivity index (χ1v) is 18.7. The molecule has 3 aromatic rings. The van der Waals surface area contributed by atoms with Crippen molar-refractivity contribution in [3.63, 3.8) is 0 Å². The van der Waals surface area contributed by atoms with Crippen LogP contribution in [0.25, 0.3) is 0 Å². The monoisotopic (exact) mass is 690 g/mol. The third-order valence-corrected chi connectivity index (χ3v) is 10.9. The molecule has 1 aliphatic rings. The molecule has 1 saturated carbocycles. The quantitative estimate of drug-likeness (QED) is 0.169. The van der Waals surface area contributed by atoms with Crippen LogP contribution in [0.15, 0.2) is 89.8 Å². The minimum absolute atomic E-state index is 0.0117. The highest BCUT2D eigenvalue weighted by atomic mass is 32.2. The molecule has 9 nitrogen and oxygen atoms in total. The van der Waals surface area contributed by atoms with E-state index in [0.29, 0.717) is 0 Å². The second-order valence-electron chi connectivity index (χ2n) is 15.0. The number of aryl methyl sites for hydroxylation is 1. The molecule has 1 fully saturated rings. The predicted octanol–water partition coefficient (Wildman–Crippen LogP) is 4.93. The van der Waals surface area contributed by atoms with Crippen LogP contribution in [0.2, 0.25) is 0 Å². The van der Waals surface area contributed by atoms with Gasteiger partial charge in [0.05, 0.1) is 23.1 Å². The van der Waals surface area contributed by atoms with Gasteiger partial charge in [0, 0.05) is 18.6 Å². The number of nitrogens with zero attached hydrogens (tertiary/aromatic N) is 1. The lowest BCUT2D eigenvalue weighted by molar-refractivity contribution is -0.133. The van der Waals surface area contributed by atoms with Crippen molar-refractivity contribution in [1.82, 2.24) is 20.3 Å². The van der Waals surface area contributed by atoms with Crippen LogP contribution in [0.3, 0.4) is 0 Å². The lowest BCUT2D eigenvalue weighted by Gasteiger charge is -2.35. The van der Waals surface area contributed by atoms with E-state index in [0.717, 1.165) is 29.5 Å². The molecule has 0 aliphatic heterocycles. The molecule has 4 rings (SSSR count). The van der Waals surface area contributed by atoms with E-state index in [1.807, 2.05) is 90.1 Å². The highest BCUT2D eigenvalue weighted by Gasteiger charge is 2.46. The fourth-order valence-corrected chi connectivity index (χ4v) is 7.73. The predicted molar refractivity (Wildman–Crippen MR) is 194 cm³/mol. The lowest BCUT2D eigenvalue weighted by atomic mass is 9.85. The van der Waals surface area contributed by atoms with E-state index in [4.69, 9.17) is 0 Å². The Labute approximate surface area is 292 Å². The zero-order valence-electron chi connectivity index (χ0n) is 29.9. The van der Waals surface area contributed by atoms with Crippen LogP contribution < -0.4 is 16.0 Å². The van der Waals surface area contributed by atoms with Gasteiger partial charge in [-0.3, -0.25) is 14.9 Å². The maximum absolute atomic E-state index is 14.1. The van der Waals surface area contributed by atoms with E-state index < -0.39 is 45.6 Å². The van der Waals surface area contributed by atoms with Crippen molar-refractivity contribution >= 4 is 21.8 Å². The minimum Gasteiger partial charge on any atom is -0.390 e. The molecule has 10 heteroatoms. The summed E-state index contributed by atoms with van der Waals surface area (Å²) in [4.78, 5) is 27.8. The molecular formula is C39H54N4O5S. The molecule has 0 unspecified atom stereocenters. The van der Waals surface area contributed by atoms with Gasteiger partial charge in [-0.2, -0.15) is 4.31 Å². The molecule has 0 spiro atoms. The Hall–Kier alpha value is -3.57. The lowest BCUT2D eigenvalue weighted by Crippen LogP contribution is -2.60. The van der Waals surface area contributed by atoms with Crippen LogP contribution in [0.5, 0.6) is 0 Å². The average molecular weight is 691 g/mol. The number of rotatable bonds is 16. The molecule has 3 aromatic carbocycles. The number of hydrogen-bond donors (Lipinski definition) is 4. The summed E-state index contributed by atoms with van der Waals surface area (Å²) < 4.78 is 28.9. The molecule has 4 atom stereocenters. The zero-order chi connectivity index (χ0) is 36.0. The number of hydrogen-bond acceptors (Lipinski definition) is 6.